The summed E-state index contributed by atoms with van der Waals surface area (Å²) < 4.78 is 5.76. The fourth-order valence-electron chi connectivity index (χ4n) is 3.50. The maximum atomic E-state index is 12.3. The molecule has 0 bridgehead atoms. The number of ether oxygens (including phenoxy) is 1. The summed E-state index contributed by atoms with van der Waals surface area (Å²) >= 11 is 0. The van der Waals surface area contributed by atoms with Gasteiger partial charge in [-0.3, -0.25) is 24.6 Å². The smallest absolute Gasteiger partial charge is 0.294 e. The van der Waals surface area contributed by atoms with Crippen molar-refractivity contribution in [2.75, 3.05) is 10.2 Å². The molecule has 0 spiro atoms. The van der Waals surface area contributed by atoms with Crippen LogP contribution in [-0.4, -0.2) is 16.7 Å². The molecule has 32 heavy (non-hydrogen) atoms. The molecular formula is C24H21N3O5. The zero-order valence-corrected chi connectivity index (χ0v) is 17.4. The number of hydrogen-bond acceptors (Lipinski definition) is 6. The van der Waals surface area contributed by atoms with Crippen LogP contribution in [0.1, 0.15) is 18.9 Å². The highest BCUT2D eigenvalue weighted by Gasteiger charge is 2.37. The molecule has 4 rings (SSSR count). The number of nitro benzene ring substituents is 1. The van der Waals surface area contributed by atoms with E-state index in [2.05, 4.69) is 5.32 Å². The summed E-state index contributed by atoms with van der Waals surface area (Å²) in [6, 6.07) is 21.1. The molecule has 8 nitrogen and oxygen atoms in total. The fourth-order valence-corrected chi connectivity index (χ4v) is 3.50. The molecule has 1 fully saturated rings. The third-order valence-corrected chi connectivity index (χ3v) is 5.19. The summed E-state index contributed by atoms with van der Waals surface area (Å²) in [5, 5.41) is 14.7. The van der Waals surface area contributed by atoms with E-state index in [9.17, 15) is 19.7 Å². The Bertz CT molecular complexity index is 1160. The maximum Gasteiger partial charge on any atom is 0.294 e. The molecule has 1 heterocycles. The van der Waals surface area contributed by atoms with Crippen molar-refractivity contribution in [3.05, 3.63) is 88.5 Å². The zero-order chi connectivity index (χ0) is 22.7. The van der Waals surface area contributed by atoms with E-state index in [0.29, 0.717) is 18.0 Å². The second kappa shape index (κ2) is 8.89. The molecule has 0 saturated carbocycles. The van der Waals surface area contributed by atoms with E-state index in [1.54, 1.807) is 31.2 Å². The first-order valence-corrected chi connectivity index (χ1v) is 10.1. The quantitative estimate of drug-likeness (QED) is 0.327. The average Bonchev–Trinajstić information content (AvgIpc) is 3.05. The summed E-state index contributed by atoms with van der Waals surface area (Å²) in [7, 11) is 0. The predicted molar refractivity (Wildman–Crippen MR) is 120 cm³/mol. The monoisotopic (exact) mass is 431 g/mol. The molecule has 1 N–H and O–H groups in total. The first-order chi connectivity index (χ1) is 15.4. The third kappa shape index (κ3) is 4.44. The largest absolute Gasteiger partial charge is 0.489 e. The molecule has 1 aliphatic rings. The summed E-state index contributed by atoms with van der Waals surface area (Å²) in [6.07, 6.45) is 0.103. The number of nitro groups is 1. The second-order valence-electron chi connectivity index (χ2n) is 7.55. The Morgan fingerprint density at radius 2 is 1.78 bits per heavy atom. The lowest BCUT2D eigenvalue weighted by molar-refractivity contribution is -0.383. The number of amides is 2. The number of imide groups is 1. The zero-order valence-electron chi connectivity index (χ0n) is 17.4. The summed E-state index contributed by atoms with van der Waals surface area (Å²) in [6.45, 7) is 2.10. The van der Waals surface area contributed by atoms with Crippen molar-refractivity contribution in [3.8, 4) is 5.75 Å². The normalized spacial score (nSPS) is 15.7. The van der Waals surface area contributed by atoms with Gasteiger partial charge in [0.1, 0.15) is 18.0 Å². The number of carbonyl (C=O) groups is 2. The molecule has 2 amide bonds. The van der Waals surface area contributed by atoms with Crippen molar-refractivity contribution in [2.45, 2.75) is 20.0 Å². The first kappa shape index (κ1) is 21.0. The van der Waals surface area contributed by atoms with Crippen molar-refractivity contribution in [1.82, 2.24) is 0 Å². The molecule has 0 aliphatic carbocycles. The van der Waals surface area contributed by atoms with Crippen LogP contribution in [0.3, 0.4) is 0 Å². The van der Waals surface area contributed by atoms with E-state index >= 15 is 0 Å². The molecule has 8 heteroatoms. The Balaban J connectivity index is 1.49. The van der Waals surface area contributed by atoms with Crippen molar-refractivity contribution >= 4 is 34.6 Å². The number of carbonyl (C=O) groups excluding carboxylic acids is 2. The van der Waals surface area contributed by atoms with E-state index in [-0.39, 0.29) is 35.3 Å². The molecule has 1 saturated heterocycles. The molecule has 0 radical (unpaired) electrons. The van der Waals surface area contributed by atoms with Crippen molar-refractivity contribution < 1.29 is 19.2 Å². The molecular weight excluding hydrogens is 410 g/mol. The SMILES string of the molecule is CC1CC(=O)N(c2ccc(Nc3ccc(OCc4ccccc4)cc3)c([N+](=O)[O-])c2)C1=O. The van der Waals surface area contributed by atoms with E-state index in [1.165, 1.54) is 18.2 Å². The average molecular weight is 431 g/mol. The van der Waals surface area contributed by atoms with Crippen LogP contribution in [0, 0.1) is 16.0 Å². The first-order valence-electron chi connectivity index (χ1n) is 10.1. The highest BCUT2D eigenvalue weighted by molar-refractivity contribution is 6.21. The van der Waals surface area contributed by atoms with Crippen LogP contribution < -0.4 is 15.0 Å². The van der Waals surface area contributed by atoms with Gasteiger partial charge >= 0.3 is 0 Å². The molecule has 1 atom stereocenters. The third-order valence-electron chi connectivity index (χ3n) is 5.19. The van der Waals surface area contributed by atoms with Crippen LogP contribution in [0.25, 0.3) is 0 Å². The Morgan fingerprint density at radius 1 is 1.06 bits per heavy atom. The van der Waals surface area contributed by atoms with E-state index in [1.807, 2.05) is 30.3 Å². The van der Waals surface area contributed by atoms with Gasteiger partial charge in [0.25, 0.3) is 5.69 Å². The van der Waals surface area contributed by atoms with Crippen LogP contribution in [0.4, 0.5) is 22.7 Å². The van der Waals surface area contributed by atoms with Gasteiger partial charge in [0, 0.05) is 24.1 Å². The van der Waals surface area contributed by atoms with Gasteiger partial charge < -0.3 is 10.1 Å². The minimum Gasteiger partial charge on any atom is -0.489 e. The molecule has 3 aromatic rings. The lowest BCUT2D eigenvalue weighted by Crippen LogP contribution is -2.30. The van der Waals surface area contributed by atoms with Gasteiger partial charge in [0.05, 0.1) is 10.6 Å². The minimum absolute atomic E-state index is 0.103. The van der Waals surface area contributed by atoms with Gasteiger partial charge in [-0.2, -0.15) is 0 Å². The van der Waals surface area contributed by atoms with Crippen LogP contribution >= 0.6 is 0 Å². The number of anilines is 3. The topological polar surface area (TPSA) is 102 Å². The van der Waals surface area contributed by atoms with Crippen molar-refractivity contribution in [2.24, 2.45) is 5.92 Å². The Kier molecular flexibility index (Phi) is 5.85. The standard InChI is InChI=1S/C24H21N3O5/c1-16-13-23(28)26(24(16)29)19-9-12-21(22(14-19)27(30)31)25-18-7-10-20(11-8-18)32-15-17-5-3-2-4-6-17/h2-12,14,16,25H,13,15H2,1H3. The molecule has 0 aromatic heterocycles. The highest BCUT2D eigenvalue weighted by atomic mass is 16.6. The van der Waals surface area contributed by atoms with Gasteiger partial charge in [0.2, 0.25) is 11.8 Å². The second-order valence-corrected chi connectivity index (χ2v) is 7.55. The lowest BCUT2D eigenvalue weighted by Gasteiger charge is -2.16. The van der Waals surface area contributed by atoms with Crippen LogP contribution in [0.5, 0.6) is 5.75 Å². The fraction of sp³-hybridized carbons (Fsp3) is 0.167. The van der Waals surface area contributed by atoms with Crippen molar-refractivity contribution in [3.63, 3.8) is 0 Å². The van der Waals surface area contributed by atoms with Gasteiger partial charge in [-0.25, -0.2) is 0 Å². The Labute approximate surface area is 184 Å². The summed E-state index contributed by atoms with van der Waals surface area (Å²) in [4.78, 5) is 36.5. The summed E-state index contributed by atoms with van der Waals surface area (Å²) in [5.41, 5.74) is 1.91. The number of nitrogens with one attached hydrogen (secondary N) is 1. The maximum absolute atomic E-state index is 12.3. The molecule has 1 aliphatic heterocycles. The van der Waals surface area contributed by atoms with Gasteiger partial charge in [-0.1, -0.05) is 37.3 Å². The van der Waals surface area contributed by atoms with Crippen LogP contribution in [-0.2, 0) is 16.2 Å². The van der Waals surface area contributed by atoms with E-state index in [4.69, 9.17) is 4.74 Å². The highest BCUT2D eigenvalue weighted by Crippen LogP contribution is 2.35. The number of benzene rings is 3. The van der Waals surface area contributed by atoms with Gasteiger partial charge in [0.15, 0.2) is 0 Å². The summed E-state index contributed by atoms with van der Waals surface area (Å²) in [5.74, 6) is -0.467. The van der Waals surface area contributed by atoms with Crippen molar-refractivity contribution in [1.29, 1.82) is 0 Å². The van der Waals surface area contributed by atoms with Crippen LogP contribution in [0.2, 0.25) is 0 Å². The van der Waals surface area contributed by atoms with E-state index in [0.717, 1.165) is 10.5 Å². The van der Waals surface area contributed by atoms with Gasteiger partial charge in [-0.05, 0) is 42.0 Å². The van der Waals surface area contributed by atoms with Crippen LogP contribution in [0.15, 0.2) is 72.8 Å². The minimum atomic E-state index is -0.544. The molecule has 3 aromatic carbocycles. The lowest BCUT2D eigenvalue weighted by atomic mass is 10.1. The molecule has 1 unspecified atom stereocenters. The van der Waals surface area contributed by atoms with E-state index < -0.39 is 10.8 Å². The van der Waals surface area contributed by atoms with Gasteiger partial charge in [-0.15, -0.1) is 0 Å². The molecule has 162 valence electrons. The Hall–Kier alpha value is -4.20. The predicted octanol–water partition coefficient (Wildman–Crippen LogP) is 4.82. The number of hydrogen-bond donors (Lipinski definition) is 1. The number of rotatable bonds is 7. The number of nitrogens with zero attached hydrogens (tertiary/aromatic N) is 2. The Morgan fingerprint density at radius 3 is 2.41 bits per heavy atom.